The van der Waals surface area contributed by atoms with Crippen molar-refractivity contribution in [1.29, 1.82) is 5.26 Å². The fraction of sp³-hybridized carbons (Fsp3) is 0.576. The second kappa shape index (κ2) is 12.8. The van der Waals surface area contributed by atoms with Gasteiger partial charge in [0, 0.05) is 49.8 Å². The number of alkyl halides is 2. The van der Waals surface area contributed by atoms with Gasteiger partial charge in [-0.25, -0.2) is 31.6 Å². The first-order chi connectivity index (χ1) is 22.3. The van der Waals surface area contributed by atoms with Crippen molar-refractivity contribution in [2.75, 3.05) is 43.0 Å². The molecule has 1 aromatic carbocycles. The minimum atomic E-state index is -3.35. The molecule has 0 aliphatic carbocycles. The molecule has 0 saturated carbocycles. The lowest BCUT2D eigenvalue weighted by molar-refractivity contribution is -0.0358. The second-order valence-electron chi connectivity index (χ2n) is 13.3. The molecule has 2 saturated heterocycles. The average molecular weight is 672 g/mol. The summed E-state index contributed by atoms with van der Waals surface area (Å²) in [6.45, 7) is 6.49. The number of halogens is 3. The topological polar surface area (TPSA) is 133 Å². The predicted molar refractivity (Wildman–Crippen MR) is 173 cm³/mol. The molecular weight excluding hydrogens is 631 g/mol. The molecular formula is C33H40F3N7O3S. The predicted octanol–water partition coefficient (Wildman–Crippen LogP) is 4.26. The number of benzene rings is 1. The number of nitrogens with one attached hydrogen (secondary N) is 2. The molecule has 0 amide bonds. The van der Waals surface area contributed by atoms with Gasteiger partial charge in [0.25, 0.3) is 11.5 Å². The number of hydrogen-bond donors (Lipinski definition) is 2. The van der Waals surface area contributed by atoms with Crippen LogP contribution in [-0.2, 0) is 27.7 Å². The molecule has 10 nitrogen and oxygen atoms in total. The van der Waals surface area contributed by atoms with Gasteiger partial charge in [0.05, 0.1) is 40.0 Å². The summed E-state index contributed by atoms with van der Waals surface area (Å²) in [4.78, 5) is 25.2. The van der Waals surface area contributed by atoms with Crippen molar-refractivity contribution in [2.24, 2.45) is 5.92 Å². The Labute approximate surface area is 272 Å². The van der Waals surface area contributed by atoms with Gasteiger partial charge in [-0.3, -0.25) is 14.3 Å². The standard InChI is InChI=1S/C33H40F3N7O3S/c1-21-7-11-38-12-13-43-30-25(16-27(31(43)44)32(19-37)9-14-47(45,46)15-10-32)29(39-20-40-30)41-22(2)24-4-3-5-26(28(24)34)33(35,36)8-6-23-17-42(21)18-23/h3-5,16,20-23,38H,6-15,17-18H2,1-2H3,(H,39,40,41)/t21?,22-/m1/s1. The number of sulfone groups is 1. The molecule has 0 radical (unpaired) electrons. The molecule has 8 bridgehead atoms. The van der Waals surface area contributed by atoms with Gasteiger partial charge < -0.3 is 10.6 Å². The van der Waals surface area contributed by atoms with Crippen LogP contribution in [0.1, 0.15) is 68.7 Å². The maximum absolute atomic E-state index is 15.9. The van der Waals surface area contributed by atoms with Crippen LogP contribution in [0.5, 0.6) is 0 Å². The van der Waals surface area contributed by atoms with E-state index >= 15 is 13.2 Å². The highest BCUT2D eigenvalue weighted by Crippen LogP contribution is 2.40. The second-order valence-corrected chi connectivity index (χ2v) is 15.6. The summed E-state index contributed by atoms with van der Waals surface area (Å²) in [6.07, 6.45) is 1.89. The first-order valence-electron chi connectivity index (χ1n) is 16.2. The van der Waals surface area contributed by atoms with E-state index in [-0.39, 0.29) is 65.4 Å². The normalized spacial score (nSPS) is 27.5. The average Bonchev–Trinajstić information content (AvgIpc) is 3.01. The van der Waals surface area contributed by atoms with Crippen molar-refractivity contribution >= 4 is 26.7 Å². The number of fused-ring (bicyclic) bond motifs is 8. The number of rotatable bonds is 1. The van der Waals surface area contributed by atoms with Gasteiger partial charge in [0.1, 0.15) is 33.4 Å². The molecule has 4 aliphatic rings. The molecule has 3 aromatic rings. The maximum atomic E-state index is 15.9. The van der Waals surface area contributed by atoms with Gasteiger partial charge in [-0.2, -0.15) is 5.26 Å². The van der Waals surface area contributed by atoms with Crippen molar-refractivity contribution in [1.82, 2.24) is 24.8 Å². The fourth-order valence-corrected chi connectivity index (χ4v) is 8.63. The van der Waals surface area contributed by atoms with Crippen LogP contribution in [0.25, 0.3) is 11.0 Å². The highest BCUT2D eigenvalue weighted by Gasteiger charge is 2.42. The summed E-state index contributed by atoms with van der Waals surface area (Å²) in [5, 5.41) is 17.3. The molecule has 2 atom stereocenters. The van der Waals surface area contributed by atoms with Gasteiger partial charge in [-0.05, 0) is 58.1 Å². The van der Waals surface area contributed by atoms with Crippen LogP contribution in [0.2, 0.25) is 0 Å². The molecule has 0 spiro atoms. The van der Waals surface area contributed by atoms with E-state index in [4.69, 9.17) is 0 Å². The van der Waals surface area contributed by atoms with E-state index < -0.39 is 50.6 Å². The van der Waals surface area contributed by atoms with Crippen LogP contribution in [0.3, 0.4) is 0 Å². The largest absolute Gasteiger partial charge is 0.363 e. The van der Waals surface area contributed by atoms with Gasteiger partial charge in [-0.1, -0.05) is 18.2 Å². The van der Waals surface area contributed by atoms with E-state index in [0.717, 1.165) is 25.6 Å². The third-order valence-electron chi connectivity index (χ3n) is 10.3. The highest BCUT2D eigenvalue weighted by molar-refractivity contribution is 7.91. The van der Waals surface area contributed by atoms with Crippen molar-refractivity contribution in [3.8, 4) is 6.07 Å². The Hall–Kier alpha value is -3.54. The molecule has 2 aromatic heterocycles. The van der Waals surface area contributed by atoms with Gasteiger partial charge in [-0.15, -0.1) is 0 Å². The van der Waals surface area contributed by atoms with Crippen molar-refractivity contribution in [3.05, 3.63) is 63.5 Å². The number of anilines is 1. The van der Waals surface area contributed by atoms with Gasteiger partial charge >= 0.3 is 0 Å². The maximum Gasteiger partial charge on any atom is 0.276 e. The lowest BCUT2D eigenvalue weighted by Gasteiger charge is -2.44. The van der Waals surface area contributed by atoms with Crippen LogP contribution >= 0.6 is 0 Å². The Balaban J connectivity index is 1.45. The summed E-state index contributed by atoms with van der Waals surface area (Å²) in [6, 6.07) is 7.24. The minimum absolute atomic E-state index is 0.0286. The van der Waals surface area contributed by atoms with Gasteiger partial charge in [0.2, 0.25) is 0 Å². The van der Waals surface area contributed by atoms with E-state index in [0.29, 0.717) is 24.9 Å². The quantitative estimate of drug-likeness (QED) is 0.390. The molecule has 14 heteroatoms. The Morgan fingerprint density at radius 1 is 1.04 bits per heavy atom. The first kappa shape index (κ1) is 33.4. The Kier molecular flexibility index (Phi) is 9.10. The third-order valence-corrected chi connectivity index (χ3v) is 11.9. The van der Waals surface area contributed by atoms with Crippen LogP contribution in [0, 0.1) is 23.1 Å². The first-order valence-corrected chi connectivity index (χ1v) is 18.0. The van der Waals surface area contributed by atoms with Crippen molar-refractivity contribution in [2.45, 2.75) is 75.9 Å². The Bertz CT molecular complexity index is 1860. The molecule has 6 heterocycles. The summed E-state index contributed by atoms with van der Waals surface area (Å²) in [7, 11) is -3.34. The molecule has 47 heavy (non-hydrogen) atoms. The lowest BCUT2D eigenvalue weighted by atomic mass is 9.77. The highest BCUT2D eigenvalue weighted by atomic mass is 32.2. The molecule has 2 fully saturated rings. The number of nitriles is 1. The zero-order chi connectivity index (χ0) is 33.6. The summed E-state index contributed by atoms with van der Waals surface area (Å²) in [5.74, 6) is -4.41. The SMILES string of the molecule is CC1CCNCCn2c(=O)c(C3(C#N)CCS(=O)(=O)CC3)cc3c(ncnc32)N[C@H](C)c2cccc(c2F)C(F)(F)CCC2CN1C2. The molecule has 1 unspecified atom stereocenters. The van der Waals surface area contributed by atoms with Crippen LogP contribution in [-0.4, -0.2) is 71.6 Å². The zero-order valence-electron chi connectivity index (χ0n) is 26.6. The number of aromatic nitrogens is 3. The molecule has 4 aliphatic heterocycles. The van der Waals surface area contributed by atoms with E-state index in [2.05, 4.69) is 38.5 Å². The molecule has 7 rings (SSSR count). The van der Waals surface area contributed by atoms with Crippen molar-refractivity contribution in [3.63, 3.8) is 0 Å². The third kappa shape index (κ3) is 6.49. The van der Waals surface area contributed by atoms with E-state index in [1.165, 1.54) is 29.1 Å². The van der Waals surface area contributed by atoms with Crippen LogP contribution in [0.4, 0.5) is 19.0 Å². The fourth-order valence-electron chi connectivity index (χ4n) is 7.11. The van der Waals surface area contributed by atoms with Crippen LogP contribution in [0.15, 0.2) is 35.4 Å². The van der Waals surface area contributed by atoms with E-state index in [9.17, 15) is 18.5 Å². The summed E-state index contributed by atoms with van der Waals surface area (Å²) in [5.41, 5.74) is -1.94. The van der Waals surface area contributed by atoms with Gasteiger partial charge in [0.15, 0.2) is 0 Å². The number of hydrogen-bond acceptors (Lipinski definition) is 9. The Morgan fingerprint density at radius 2 is 1.79 bits per heavy atom. The Morgan fingerprint density at radius 3 is 2.51 bits per heavy atom. The monoisotopic (exact) mass is 671 g/mol. The number of nitrogens with zero attached hydrogens (tertiary/aromatic N) is 5. The van der Waals surface area contributed by atoms with E-state index in [1.54, 1.807) is 6.92 Å². The summed E-state index contributed by atoms with van der Waals surface area (Å²) < 4.78 is 72.9. The van der Waals surface area contributed by atoms with Crippen LogP contribution < -0.4 is 16.2 Å². The smallest absolute Gasteiger partial charge is 0.276 e. The lowest BCUT2D eigenvalue weighted by Crippen LogP contribution is -2.51. The molecule has 2 N–H and O–H groups in total. The van der Waals surface area contributed by atoms with Crippen molar-refractivity contribution < 1.29 is 21.6 Å². The zero-order valence-corrected chi connectivity index (χ0v) is 27.4. The summed E-state index contributed by atoms with van der Waals surface area (Å²) >= 11 is 0. The minimum Gasteiger partial charge on any atom is -0.363 e. The van der Waals surface area contributed by atoms with E-state index in [1.807, 2.05) is 0 Å². The molecule has 252 valence electrons. The number of pyridine rings is 1.